The number of benzene rings is 2. The number of carbonyl (C=O) groups is 1. The molecule has 1 nitrogen and oxygen atoms in total. The molecule has 96 valence electrons. The topological polar surface area (TPSA) is 17.1 Å². The average Bonchev–Trinajstić information content (AvgIpc) is 2.76. The zero-order valence-corrected chi connectivity index (χ0v) is 11.7. The predicted octanol–water partition coefficient (Wildman–Crippen LogP) is 4.41. The summed E-state index contributed by atoms with van der Waals surface area (Å²) >= 11 is 0. The van der Waals surface area contributed by atoms with E-state index in [2.05, 4.69) is 39.0 Å². The van der Waals surface area contributed by atoms with Gasteiger partial charge in [0.15, 0.2) is 5.78 Å². The highest BCUT2D eigenvalue weighted by atomic mass is 16.1. The number of rotatable bonds is 1. The van der Waals surface area contributed by atoms with Crippen LogP contribution in [0.4, 0.5) is 0 Å². The van der Waals surface area contributed by atoms with E-state index in [1.165, 1.54) is 33.4 Å². The molecule has 0 saturated carbocycles. The molecule has 0 fully saturated rings. The van der Waals surface area contributed by atoms with Crippen molar-refractivity contribution in [3.63, 3.8) is 0 Å². The maximum Gasteiger partial charge on any atom is 0.163 e. The Morgan fingerprint density at radius 1 is 0.789 bits per heavy atom. The summed E-state index contributed by atoms with van der Waals surface area (Å²) in [6.07, 6.45) is 1.55. The molecule has 3 rings (SSSR count). The number of carbonyl (C=O) groups excluding carboxylic acids is 1. The van der Waals surface area contributed by atoms with Gasteiger partial charge in [0, 0.05) is 12.0 Å². The second-order valence-corrected chi connectivity index (χ2v) is 5.51. The summed E-state index contributed by atoms with van der Waals surface area (Å²) in [5.41, 5.74) is 8.59. The number of aryl methyl sites for hydroxylation is 3. The van der Waals surface area contributed by atoms with E-state index in [9.17, 15) is 4.79 Å². The Morgan fingerprint density at radius 2 is 1.47 bits per heavy atom. The van der Waals surface area contributed by atoms with Crippen LogP contribution in [0.1, 0.15) is 39.0 Å². The van der Waals surface area contributed by atoms with Crippen molar-refractivity contribution >= 4 is 5.78 Å². The number of fused-ring (bicyclic) bond motifs is 1. The summed E-state index contributed by atoms with van der Waals surface area (Å²) in [5.74, 6) is 0.290. The fraction of sp³-hybridized carbons (Fsp3) is 0.278. The Bertz CT molecular complexity index is 680. The molecular weight excluding hydrogens is 232 g/mol. The third-order valence-corrected chi connectivity index (χ3v) is 4.21. The predicted molar refractivity (Wildman–Crippen MR) is 78.7 cm³/mol. The molecule has 0 atom stereocenters. The highest BCUT2D eigenvalue weighted by Crippen LogP contribution is 2.34. The van der Waals surface area contributed by atoms with Crippen LogP contribution in [-0.2, 0) is 6.42 Å². The van der Waals surface area contributed by atoms with Gasteiger partial charge in [0.2, 0.25) is 0 Å². The first kappa shape index (κ1) is 12.2. The minimum atomic E-state index is 0.290. The molecule has 0 aromatic heterocycles. The molecule has 1 aliphatic rings. The molecule has 1 heteroatoms. The van der Waals surface area contributed by atoms with Crippen LogP contribution in [0.15, 0.2) is 30.3 Å². The molecule has 19 heavy (non-hydrogen) atoms. The number of hydrogen-bond acceptors (Lipinski definition) is 1. The third kappa shape index (κ3) is 1.90. The van der Waals surface area contributed by atoms with Crippen LogP contribution in [0.25, 0.3) is 11.1 Å². The third-order valence-electron chi connectivity index (χ3n) is 4.21. The van der Waals surface area contributed by atoms with E-state index in [0.29, 0.717) is 12.2 Å². The SMILES string of the molecule is Cc1cc(C)c(-c2cccc3c2CCC3=O)cc1C. The first-order valence-corrected chi connectivity index (χ1v) is 6.81. The van der Waals surface area contributed by atoms with Gasteiger partial charge in [-0.25, -0.2) is 0 Å². The van der Waals surface area contributed by atoms with E-state index in [1.807, 2.05) is 12.1 Å². The highest BCUT2D eigenvalue weighted by molar-refractivity contribution is 6.02. The molecular formula is C18H18O. The van der Waals surface area contributed by atoms with Crippen LogP contribution in [0.5, 0.6) is 0 Å². The lowest BCUT2D eigenvalue weighted by Crippen LogP contribution is -1.95. The van der Waals surface area contributed by atoms with Crippen LogP contribution in [0.2, 0.25) is 0 Å². The molecule has 0 amide bonds. The summed E-state index contributed by atoms with van der Waals surface area (Å²) in [5, 5.41) is 0. The van der Waals surface area contributed by atoms with Gasteiger partial charge in [0.1, 0.15) is 0 Å². The number of Topliss-reactive ketones (excluding diaryl/α,β-unsaturated/α-hetero) is 1. The van der Waals surface area contributed by atoms with Crippen LogP contribution < -0.4 is 0 Å². The smallest absolute Gasteiger partial charge is 0.163 e. The fourth-order valence-corrected chi connectivity index (χ4v) is 2.99. The largest absolute Gasteiger partial charge is 0.294 e. The van der Waals surface area contributed by atoms with Crippen molar-refractivity contribution in [2.24, 2.45) is 0 Å². The molecule has 0 spiro atoms. The molecule has 2 aromatic rings. The average molecular weight is 250 g/mol. The minimum Gasteiger partial charge on any atom is -0.294 e. The fourth-order valence-electron chi connectivity index (χ4n) is 2.99. The summed E-state index contributed by atoms with van der Waals surface area (Å²) in [4.78, 5) is 11.9. The van der Waals surface area contributed by atoms with Crippen molar-refractivity contribution in [1.82, 2.24) is 0 Å². The lowest BCUT2D eigenvalue weighted by Gasteiger charge is -2.13. The van der Waals surface area contributed by atoms with Crippen molar-refractivity contribution in [2.75, 3.05) is 0 Å². The molecule has 0 N–H and O–H groups in total. The minimum absolute atomic E-state index is 0.290. The monoisotopic (exact) mass is 250 g/mol. The second kappa shape index (κ2) is 4.34. The summed E-state index contributed by atoms with van der Waals surface area (Å²) in [6.45, 7) is 6.44. The molecule has 0 aliphatic heterocycles. The van der Waals surface area contributed by atoms with Gasteiger partial charge < -0.3 is 0 Å². The molecule has 2 aromatic carbocycles. The van der Waals surface area contributed by atoms with Gasteiger partial charge >= 0.3 is 0 Å². The van der Waals surface area contributed by atoms with E-state index in [-0.39, 0.29) is 0 Å². The van der Waals surface area contributed by atoms with E-state index in [0.717, 1.165) is 12.0 Å². The van der Waals surface area contributed by atoms with Crippen LogP contribution in [-0.4, -0.2) is 5.78 Å². The van der Waals surface area contributed by atoms with Crippen molar-refractivity contribution < 1.29 is 4.79 Å². The second-order valence-electron chi connectivity index (χ2n) is 5.51. The summed E-state index contributed by atoms with van der Waals surface area (Å²) in [6, 6.07) is 10.6. The van der Waals surface area contributed by atoms with Crippen molar-refractivity contribution in [1.29, 1.82) is 0 Å². The van der Waals surface area contributed by atoms with Gasteiger partial charge in [0.05, 0.1) is 0 Å². The van der Waals surface area contributed by atoms with Crippen molar-refractivity contribution in [2.45, 2.75) is 33.6 Å². The maximum absolute atomic E-state index is 11.9. The van der Waals surface area contributed by atoms with Gasteiger partial charge in [0.25, 0.3) is 0 Å². The van der Waals surface area contributed by atoms with E-state index < -0.39 is 0 Å². The Labute approximate surface area is 114 Å². The molecule has 0 saturated heterocycles. The Morgan fingerprint density at radius 3 is 2.26 bits per heavy atom. The lowest BCUT2D eigenvalue weighted by atomic mass is 9.91. The Balaban J connectivity index is 2.24. The quantitative estimate of drug-likeness (QED) is 0.732. The maximum atomic E-state index is 11.9. The van der Waals surface area contributed by atoms with E-state index in [4.69, 9.17) is 0 Å². The van der Waals surface area contributed by atoms with Crippen molar-refractivity contribution in [3.05, 3.63) is 58.1 Å². The molecule has 0 heterocycles. The van der Waals surface area contributed by atoms with Crippen LogP contribution in [0.3, 0.4) is 0 Å². The molecule has 0 bridgehead atoms. The van der Waals surface area contributed by atoms with Gasteiger partial charge in [-0.1, -0.05) is 30.3 Å². The van der Waals surface area contributed by atoms with Crippen LogP contribution >= 0.6 is 0 Å². The number of ketones is 1. The molecule has 0 radical (unpaired) electrons. The Kier molecular flexibility index (Phi) is 2.78. The van der Waals surface area contributed by atoms with Crippen LogP contribution in [0, 0.1) is 20.8 Å². The molecule has 1 aliphatic carbocycles. The first-order valence-electron chi connectivity index (χ1n) is 6.81. The van der Waals surface area contributed by atoms with Gasteiger partial charge in [-0.15, -0.1) is 0 Å². The van der Waals surface area contributed by atoms with Crippen molar-refractivity contribution in [3.8, 4) is 11.1 Å². The normalized spacial score (nSPS) is 13.7. The van der Waals surface area contributed by atoms with Gasteiger partial charge in [-0.3, -0.25) is 4.79 Å². The lowest BCUT2D eigenvalue weighted by molar-refractivity contribution is 0.0994. The summed E-state index contributed by atoms with van der Waals surface area (Å²) in [7, 11) is 0. The van der Waals surface area contributed by atoms with Gasteiger partial charge in [-0.05, 0) is 60.6 Å². The van der Waals surface area contributed by atoms with Gasteiger partial charge in [-0.2, -0.15) is 0 Å². The number of hydrogen-bond donors (Lipinski definition) is 0. The summed E-state index contributed by atoms with van der Waals surface area (Å²) < 4.78 is 0. The first-order chi connectivity index (χ1) is 9.08. The zero-order chi connectivity index (χ0) is 13.6. The van der Waals surface area contributed by atoms with E-state index >= 15 is 0 Å². The standard InChI is InChI=1S/C18H18O/c1-11-9-13(3)17(10-12(11)2)14-5-4-6-16-15(14)7-8-18(16)19/h4-6,9-10H,7-8H2,1-3H3. The molecule has 0 unspecified atom stereocenters. The Hall–Kier alpha value is -1.89. The zero-order valence-electron chi connectivity index (χ0n) is 11.7. The van der Waals surface area contributed by atoms with E-state index in [1.54, 1.807) is 0 Å². The highest BCUT2D eigenvalue weighted by Gasteiger charge is 2.22.